The summed E-state index contributed by atoms with van der Waals surface area (Å²) in [6.45, 7) is 0. The lowest BCUT2D eigenvalue weighted by Gasteiger charge is -2.27. The first kappa shape index (κ1) is 24.3. The topological polar surface area (TPSA) is 100 Å². The fourth-order valence-corrected chi connectivity index (χ4v) is 4.32. The average molecular weight is 530 g/mol. The van der Waals surface area contributed by atoms with Gasteiger partial charge in [0.05, 0.1) is 11.6 Å². The molecule has 0 radical (unpaired) electrons. The molecule has 2 heterocycles. The molecule has 11 heteroatoms. The normalized spacial score (nSPS) is 16.1. The lowest BCUT2D eigenvalue weighted by Crippen LogP contribution is -2.31. The number of Topliss-reactive ketones (excluding diaryl/α,β-unsaturated/α-hetero) is 1. The molecule has 1 unspecified atom stereocenters. The van der Waals surface area contributed by atoms with Crippen LogP contribution in [0, 0.1) is 0 Å². The molecule has 1 aliphatic heterocycles. The minimum atomic E-state index is -4.91. The Hall–Kier alpha value is -4.44. The van der Waals surface area contributed by atoms with Crippen molar-refractivity contribution < 1.29 is 42.1 Å². The van der Waals surface area contributed by atoms with Gasteiger partial charge in [0.25, 0.3) is 5.91 Å². The second kappa shape index (κ2) is 8.90. The number of phenols is 1. The van der Waals surface area contributed by atoms with Gasteiger partial charge in [-0.2, -0.15) is 0 Å². The third kappa shape index (κ3) is 4.58. The van der Waals surface area contributed by atoms with E-state index in [-0.39, 0.29) is 22.8 Å². The zero-order valence-electron chi connectivity index (χ0n) is 18.5. The fourth-order valence-electron chi connectivity index (χ4n) is 4.14. The van der Waals surface area contributed by atoms with Crippen LogP contribution in [0.1, 0.15) is 22.2 Å². The van der Waals surface area contributed by atoms with Crippen molar-refractivity contribution in [1.29, 1.82) is 0 Å². The first-order chi connectivity index (χ1) is 17.5. The minimum Gasteiger partial charge on any atom is -0.508 e. The molecule has 0 aliphatic carbocycles. The average Bonchev–Trinajstić information content (AvgIpc) is 3.37. The number of carbonyl (C=O) groups excluding carboxylic acids is 2. The maximum Gasteiger partial charge on any atom is 0.573 e. The summed E-state index contributed by atoms with van der Waals surface area (Å²) in [5.41, 5.74) is 0.476. The van der Waals surface area contributed by atoms with Crippen LogP contribution in [0.5, 0.6) is 11.5 Å². The molecule has 1 aromatic heterocycles. The van der Waals surface area contributed by atoms with Crippen molar-refractivity contribution in [2.75, 3.05) is 4.90 Å². The number of benzene rings is 3. The summed E-state index contributed by atoms with van der Waals surface area (Å²) in [4.78, 5) is 27.8. The molecule has 0 saturated carbocycles. The maximum atomic E-state index is 13.6. The summed E-state index contributed by atoms with van der Waals surface area (Å²) >= 11 is 6.01. The van der Waals surface area contributed by atoms with Gasteiger partial charge in [-0.3, -0.25) is 14.5 Å². The summed E-state index contributed by atoms with van der Waals surface area (Å²) in [5.74, 6) is -3.34. The number of alkyl halides is 3. The van der Waals surface area contributed by atoms with Crippen molar-refractivity contribution >= 4 is 39.9 Å². The van der Waals surface area contributed by atoms with Gasteiger partial charge >= 0.3 is 6.36 Å². The summed E-state index contributed by atoms with van der Waals surface area (Å²) in [6, 6.07) is 14.9. The zero-order valence-corrected chi connectivity index (χ0v) is 19.2. The first-order valence-electron chi connectivity index (χ1n) is 10.7. The molecule has 1 amide bonds. The molecule has 0 spiro atoms. The predicted octanol–water partition coefficient (Wildman–Crippen LogP) is 6.47. The molecule has 1 atom stereocenters. The maximum absolute atomic E-state index is 13.6. The van der Waals surface area contributed by atoms with Crippen molar-refractivity contribution in [3.05, 3.63) is 100 Å². The van der Waals surface area contributed by atoms with E-state index in [0.29, 0.717) is 21.6 Å². The Kier molecular flexibility index (Phi) is 5.83. The quantitative estimate of drug-likeness (QED) is 0.287. The van der Waals surface area contributed by atoms with E-state index in [4.69, 9.17) is 16.0 Å². The molecule has 7 nitrogen and oxygen atoms in total. The van der Waals surface area contributed by atoms with Crippen LogP contribution < -0.4 is 9.64 Å². The van der Waals surface area contributed by atoms with Gasteiger partial charge in [-0.05, 0) is 66.2 Å². The van der Waals surface area contributed by atoms with Crippen molar-refractivity contribution in [2.45, 2.75) is 12.4 Å². The smallest absolute Gasteiger partial charge is 0.508 e. The standard InChI is InChI=1S/C26H15ClF3NO6/c27-15-3-10-19-14(11-15)12-20(36-19)23(33)21-22(13-1-6-17(32)7-2-13)31(25(35)24(21)34)16-4-8-18(9-5-16)37-26(28,29)30/h1-12,22,32,34H. The molecule has 0 saturated heterocycles. The Morgan fingerprint density at radius 1 is 0.973 bits per heavy atom. The number of fused-ring (bicyclic) bond motifs is 1. The van der Waals surface area contributed by atoms with Crippen LogP contribution >= 0.6 is 11.6 Å². The minimum absolute atomic E-state index is 0.0801. The van der Waals surface area contributed by atoms with Gasteiger partial charge in [0.1, 0.15) is 17.1 Å². The summed E-state index contributed by atoms with van der Waals surface area (Å²) in [5, 5.41) is 21.5. The van der Waals surface area contributed by atoms with Crippen molar-refractivity contribution in [2.24, 2.45) is 0 Å². The highest BCUT2D eigenvalue weighted by molar-refractivity contribution is 6.31. The van der Waals surface area contributed by atoms with Crippen LogP contribution in [0.15, 0.2) is 88.5 Å². The molecule has 37 heavy (non-hydrogen) atoms. The van der Waals surface area contributed by atoms with Gasteiger partial charge in [0.15, 0.2) is 11.5 Å². The number of carbonyl (C=O) groups is 2. The lowest BCUT2D eigenvalue weighted by atomic mass is 9.94. The van der Waals surface area contributed by atoms with Gasteiger partial charge in [-0.1, -0.05) is 23.7 Å². The monoisotopic (exact) mass is 529 g/mol. The first-order valence-corrected chi connectivity index (χ1v) is 11.0. The number of phenolic OH excluding ortho intramolecular Hbond substituents is 1. The number of amides is 1. The van der Waals surface area contributed by atoms with E-state index < -0.39 is 35.6 Å². The Morgan fingerprint density at radius 2 is 1.65 bits per heavy atom. The number of anilines is 1. The summed E-state index contributed by atoms with van der Waals surface area (Å²) in [7, 11) is 0. The number of ether oxygens (including phenoxy) is 1. The number of aromatic hydroxyl groups is 1. The van der Waals surface area contributed by atoms with E-state index in [1.807, 2.05) is 0 Å². The number of halogens is 4. The molecule has 188 valence electrons. The summed E-state index contributed by atoms with van der Waals surface area (Å²) in [6.07, 6.45) is -4.91. The molecule has 2 N–H and O–H groups in total. The van der Waals surface area contributed by atoms with Gasteiger partial charge in [0.2, 0.25) is 5.78 Å². The van der Waals surface area contributed by atoms with E-state index >= 15 is 0 Å². The molecule has 3 aromatic carbocycles. The Labute approximate surface area is 211 Å². The molecule has 0 bridgehead atoms. The molecule has 4 aromatic rings. The molecule has 1 aliphatic rings. The lowest BCUT2D eigenvalue weighted by molar-refractivity contribution is -0.274. The number of hydrogen-bond acceptors (Lipinski definition) is 6. The molecule has 0 fully saturated rings. The van der Waals surface area contributed by atoms with Crippen LogP contribution in [0.2, 0.25) is 5.02 Å². The van der Waals surface area contributed by atoms with Crippen LogP contribution in [-0.4, -0.2) is 28.3 Å². The third-order valence-electron chi connectivity index (χ3n) is 5.71. The third-order valence-corrected chi connectivity index (χ3v) is 5.95. The Bertz CT molecular complexity index is 1560. The van der Waals surface area contributed by atoms with Gasteiger partial charge < -0.3 is 19.4 Å². The van der Waals surface area contributed by atoms with Crippen LogP contribution in [0.4, 0.5) is 18.9 Å². The van der Waals surface area contributed by atoms with Crippen LogP contribution in [-0.2, 0) is 4.79 Å². The second-order valence-corrected chi connectivity index (χ2v) is 8.53. The highest BCUT2D eigenvalue weighted by Crippen LogP contribution is 2.43. The van der Waals surface area contributed by atoms with Gasteiger partial charge in [-0.15, -0.1) is 13.2 Å². The number of aliphatic hydroxyl groups excluding tert-OH is 1. The van der Waals surface area contributed by atoms with E-state index in [0.717, 1.165) is 17.0 Å². The number of aliphatic hydroxyl groups is 1. The van der Waals surface area contributed by atoms with Crippen molar-refractivity contribution in [3.63, 3.8) is 0 Å². The Balaban J connectivity index is 1.59. The summed E-state index contributed by atoms with van der Waals surface area (Å²) < 4.78 is 47.2. The van der Waals surface area contributed by atoms with Crippen molar-refractivity contribution in [1.82, 2.24) is 0 Å². The number of hydrogen-bond donors (Lipinski definition) is 2. The molecular weight excluding hydrogens is 515 g/mol. The number of nitrogens with zero attached hydrogens (tertiary/aromatic N) is 1. The molecule has 5 rings (SSSR count). The van der Waals surface area contributed by atoms with E-state index in [1.54, 1.807) is 18.2 Å². The second-order valence-electron chi connectivity index (χ2n) is 8.10. The number of rotatable bonds is 5. The van der Waals surface area contributed by atoms with Crippen LogP contribution in [0.3, 0.4) is 0 Å². The predicted molar refractivity (Wildman–Crippen MR) is 127 cm³/mol. The fraction of sp³-hybridized carbons (Fsp3) is 0.0769. The SMILES string of the molecule is O=C(C1=C(O)C(=O)N(c2ccc(OC(F)(F)F)cc2)C1c1ccc(O)cc1)c1cc2cc(Cl)ccc2o1. The van der Waals surface area contributed by atoms with E-state index in [9.17, 15) is 33.0 Å². The number of furan rings is 1. The Morgan fingerprint density at radius 3 is 2.30 bits per heavy atom. The van der Waals surface area contributed by atoms with Gasteiger partial charge in [-0.25, -0.2) is 0 Å². The van der Waals surface area contributed by atoms with E-state index in [2.05, 4.69) is 4.74 Å². The van der Waals surface area contributed by atoms with Crippen LogP contribution in [0.25, 0.3) is 11.0 Å². The highest BCUT2D eigenvalue weighted by atomic mass is 35.5. The molecular formula is C26H15ClF3NO6. The number of ketones is 1. The van der Waals surface area contributed by atoms with Crippen molar-refractivity contribution in [3.8, 4) is 11.5 Å². The van der Waals surface area contributed by atoms with Gasteiger partial charge in [0, 0.05) is 16.1 Å². The van der Waals surface area contributed by atoms with E-state index in [1.165, 1.54) is 42.5 Å². The zero-order chi connectivity index (χ0) is 26.5. The highest BCUT2D eigenvalue weighted by Gasteiger charge is 2.45. The largest absolute Gasteiger partial charge is 0.573 e.